The van der Waals surface area contributed by atoms with Crippen LogP contribution in [0.15, 0.2) is 82.2 Å². The number of carbonyl (C=O) groups excluding carboxylic acids is 1. The molecule has 134 valence electrons. The minimum absolute atomic E-state index is 0.225. The van der Waals surface area contributed by atoms with E-state index in [0.29, 0.717) is 28.8 Å². The summed E-state index contributed by atoms with van der Waals surface area (Å²) in [6, 6.07) is 19.7. The lowest BCUT2D eigenvalue weighted by molar-refractivity contribution is 0.0770. The van der Waals surface area contributed by atoms with Gasteiger partial charge in [0.15, 0.2) is 5.69 Å². The Hall–Kier alpha value is -3.67. The van der Waals surface area contributed by atoms with E-state index in [1.54, 1.807) is 61.8 Å². The van der Waals surface area contributed by atoms with E-state index in [1.807, 2.05) is 18.2 Å². The first-order valence-electron chi connectivity index (χ1n) is 8.50. The fourth-order valence-corrected chi connectivity index (χ4v) is 2.98. The molecule has 0 saturated carbocycles. The Bertz CT molecular complexity index is 1150. The van der Waals surface area contributed by atoms with Gasteiger partial charge in [0, 0.05) is 12.4 Å². The van der Waals surface area contributed by atoms with Crippen molar-refractivity contribution in [1.29, 1.82) is 0 Å². The molecule has 0 radical (unpaired) electrons. The normalized spacial score (nSPS) is 10.9. The first-order valence-corrected chi connectivity index (χ1v) is 8.50. The third-order valence-corrected chi connectivity index (χ3v) is 4.33. The molecule has 4 aromatic rings. The fourth-order valence-electron chi connectivity index (χ4n) is 2.98. The topological polar surface area (TPSA) is 68.3 Å². The Balaban J connectivity index is 1.85. The molecule has 27 heavy (non-hydrogen) atoms. The molecule has 0 saturated heterocycles. The number of para-hydroxylation sites is 1. The summed E-state index contributed by atoms with van der Waals surface area (Å²) in [5, 5.41) is 5.39. The quantitative estimate of drug-likeness (QED) is 0.561. The van der Waals surface area contributed by atoms with Crippen LogP contribution in [0.25, 0.3) is 16.5 Å². The standard InChI is InChI=1S/C21H17N3O3/c1-23(14-16-10-7-13-27-16)21(26)19-17-11-5-6-12-18(17)20(25)24(22-19)15-8-3-2-4-9-15/h2-13H,14H2,1H3. The van der Waals surface area contributed by atoms with Crippen LogP contribution in [0, 0.1) is 0 Å². The van der Waals surface area contributed by atoms with E-state index in [2.05, 4.69) is 5.10 Å². The van der Waals surface area contributed by atoms with Crippen molar-refractivity contribution in [2.75, 3.05) is 7.05 Å². The molecule has 0 aliphatic heterocycles. The molecule has 0 unspecified atom stereocenters. The summed E-state index contributed by atoms with van der Waals surface area (Å²) in [5.41, 5.74) is 0.570. The zero-order valence-corrected chi connectivity index (χ0v) is 14.7. The maximum atomic E-state index is 13.1. The van der Waals surface area contributed by atoms with Gasteiger partial charge in [0.2, 0.25) is 0 Å². The summed E-state index contributed by atoms with van der Waals surface area (Å²) >= 11 is 0. The minimum atomic E-state index is -0.285. The fraction of sp³-hybridized carbons (Fsp3) is 0.0952. The van der Waals surface area contributed by atoms with Crippen molar-refractivity contribution in [3.63, 3.8) is 0 Å². The molecular weight excluding hydrogens is 342 g/mol. The van der Waals surface area contributed by atoms with Crippen LogP contribution in [-0.2, 0) is 6.54 Å². The van der Waals surface area contributed by atoms with Gasteiger partial charge in [-0.1, -0.05) is 36.4 Å². The smallest absolute Gasteiger partial charge is 0.279 e. The number of benzene rings is 2. The largest absolute Gasteiger partial charge is 0.467 e. The minimum Gasteiger partial charge on any atom is -0.467 e. The molecule has 4 rings (SSSR count). The third kappa shape index (κ3) is 3.13. The Kier molecular flexibility index (Phi) is 4.30. The van der Waals surface area contributed by atoms with Crippen LogP contribution < -0.4 is 5.56 Å². The molecule has 0 atom stereocenters. The zero-order chi connectivity index (χ0) is 18.8. The van der Waals surface area contributed by atoms with Crippen molar-refractivity contribution in [2.24, 2.45) is 0 Å². The highest BCUT2D eigenvalue weighted by atomic mass is 16.3. The second kappa shape index (κ2) is 6.92. The number of carbonyl (C=O) groups is 1. The second-order valence-corrected chi connectivity index (χ2v) is 6.19. The first-order chi connectivity index (χ1) is 13.1. The van der Waals surface area contributed by atoms with Gasteiger partial charge in [-0.15, -0.1) is 0 Å². The molecule has 6 nitrogen and oxygen atoms in total. The molecule has 1 amide bonds. The van der Waals surface area contributed by atoms with Gasteiger partial charge < -0.3 is 9.32 Å². The molecule has 2 aromatic heterocycles. The lowest BCUT2D eigenvalue weighted by atomic mass is 10.1. The van der Waals surface area contributed by atoms with Gasteiger partial charge in [-0.25, -0.2) is 0 Å². The number of fused-ring (bicyclic) bond motifs is 1. The number of rotatable bonds is 4. The van der Waals surface area contributed by atoms with Gasteiger partial charge in [-0.3, -0.25) is 9.59 Å². The van der Waals surface area contributed by atoms with E-state index in [0.717, 1.165) is 0 Å². The molecular formula is C21H17N3O3. The van der Waals surface area contributed by atoms with Gasteiger partial charge in [-0.05, 0) is 30.3 Å². The predicted molar refractivity (Wildman–Crippen MR) is 102 cm³/mol. The van der Waals surface area contributed by atoms with Crippen molar-refractivity contribution in [3.05, 3.63) is 94.8 Å². The average Bonchev–Trinajstić information content (AvgIpc) is 3.21. The zero-order valence-electron chi connectivity index (χ0n) is 14.7. The molecule has 0 N–H and O–H groups in total. The molecule has 0 aliphatic rings. The van der Waals surface area contributed by atoms with Crippen LogP contribution >= 0.6 is 0 Å². The Morgan fingerprint density at radius 2 is 1.70 bits per heavy atom. The van der Waals surface area contributed by atoms with Crippen LogP contribution in [0.4, 0.5) is 0 Å². The highest BCUT2D eigenvalue weighted by molar-refractivity contribution is 6.04. The van der Waals surface area contributed by atoms with Crippen molar-refractivity contribution in [1.82, 2.24) is 14.7 Å². The summed E-state index contributed by atoms with van der Waals surface area (Å²) in [6.45, 7) is 0.312. The number of aromatic nitrogens is 2. The molecule has 0 bridgehead atoms. The van der Waals surface area contributed by atoms with Crippen LogP contribution in [0.1, 0.15) is 16.2 Å². The lowest BCUT2D eigenvalue weighted by Crippen LogP contribution is -2.31. The van der Waals surface area contributed by atoms with Gasteiger partial charge in [-0.2, -0.15) is 9.78 Å². The van der Waals surface area contributed by atoms with Crippen LogP contribution in [0.3, 0.4) is 0 Å². The predicted octanol–water partition coefficient (Wildman–Crippen LogP) is 3.25. The monoisotopic (exact) mass is 359 g/mol. The summed E-state index contributed by atoms with van der Waals surface area (Å²) in [5.74, 6) is 0.388. The summed E-state index contributed by atoms with van der Waals surface area (Å²) < 4.78 is 6.59. The van der Waals surface area contributed by atoms with E-state index < -0.39 is 0 Å². The van der Waals surface area contributed by atoms with Crippen molar-refractivity contribution in [2.45, 2.75) is 6.54 Å². The molecule has 0 aliphatic carbocycles. The number of furan rings is 1. The summed E-state index contributed by atoms with van der Waals surface area (Å²) in [7, 11) is 1.68. The number of hydrogen-bond acceptors (Lipinski definition) is 4. The van der Waals surface area contributed by atoms with Crippen molar-refractivity contribution in [3.8, 4) is 5.69 Å². The second-order valence-electron chi connectivity index (χ2n) is 6.19. The number of nitrogens with zero attached hydrogens (tertiary/aromatic N) is 3. The lowest BCUT2D eigenvalue weighted by Gasteiger charge is -2.17. The average molecular weight is 359 g/mol. The van der Waals surface area contributed by atoms with Gasteiger partial charge in [0.05, 0.1) is 23.9 Å². The van der Waals surface area contributed by atoms with Crippen LogP contribution in [0.2, 0.25) is 0 Å². The van der Waals surface area contributed by atoms with Gasteiger partial charge in [0.25, 0.3) is 11.5 Å². The Morgan fingerprint density at radius 3 is 2.41 bits per heavy atom. The van der Waals surface area contributed by atoms with Gasteiger partial charge >= 0.3 is 0 Å². The maximum Gasteiger partial charge on any atom is 0.279 e. The van der Waals surface area contributed by atoms with Crippen molar-refractivity contribution < 1.29 is 9.21 Å². The Morgan fingerprint density at radius 1 is 1.00 bits per heavy atom. The maximum absolute atomic E-state index is 13.1. The van der Waals surface area contributed by atoms with E-state index in [9.17, 15) is 9.59 Å². The van der Waals surface area contributed by atoms with Crippen LogP contribution in [0.5, 0.6) is 0 Å². The molecule has 2 aromatic carbocycles. The SMILES string of the molecule is CN(Cc1ccco1)C(=O)c1nn(-c2ccccc2)c(=O)c2ccccc12. The van der Waals surface area contributed by atoms with E-state index >= 15 is 0 Å². The first kappa shape index (κ1) is 16.8. The molecule has 0 fully saturated rings. The van der Waals surface area contributed by atoms with E-state index in [-0.39, 0.29) is 17.2 Å². The molecule has 0 spiro atoms. The molecule has 2 heterocycles. The third-order valence-electron chi connectivity index (χ3n) is 4.33. The van der Waals surface area contributed by atoms with E-state index in [4.69, 9.17) is 4.42 Å². The highest BCUT2D eigenvalue weighted by Crippen LogP contribution is 2.17. The van der Waals surface area contributed by atoms with Crippen molar-refractivity contribution >= 4 is 16.7 Å². The summed E-state index contributed by atoms with van der Waals surface area (Å²) in [6.07, 6.45) is 1.57. The summed E-state index contributed by atoms with van der Waals surface area (Å²) in [4.78, 5) is 27.5. The van der Waals surface area contributed by atoms with Gasteiger partial charge in [0.1, 0.15) is 5.76 Å². The van der Waals surface area contributed by atoms with E-state index in [1.165, 1.54) is 9.58 Å². The molecule has 6 heteroatoms. The number of amides is 1. The van der Waals surface area contributed by atoms with Crippen LogP contribution in [-0.4, -0.2) is 27.6 Å². The Labute approximate surface area is 155 Å². The number of hydrogen-bond donors (Lipinski definition) is 0. The highest BCUT2D eigenvalue weighted by Gasteiger charge is 2.21.